The van der Waals surface area contributed by atoms with E-state index in [-0.39, 0.29) is 24.0 Å². The first-order valence-corrected chi connectivity index (χ1v) is 6.76. The maximum absolute atomic E-state index is 12.0. The minimum absolute atomic E-state index is 0.0835. The molecule has 102 valence electrons. The van der Waals surface area contributed by atoms with Gasteiger partial charge in [-0.25, -0.2) is 0 Å². The van der Waals surface area contributed by atoms with E-state index in [9.17, 15) is 9.59 Å². The van der Waals surface area contributed by atoms with Gasteiger partial charge in [-0.2, -0.15) is 0 Å². The number of rotatable bonds is 5. The van der Waals surface area contributed by atoms with Crippen LogP contribution in [0, 0.1) is 11.8 Å². The van der Waals surface area contributed by atoms with Gasteiger partial charge in [0.1, 0.15) is 0 Å². The Hall–Kier alpha value is -1.10. The van der Waals surface area contributed by atoms with E-state index in [0.29, 0.717) is 19.4 Å². The van der Waals surface area contributed by atoms with Gasteiger partial charge in [0.15, 0.2) is 0 Å². The largest absolute Gasteiger partial charge is 0.481 e. The molecule has 0 bridgehead atoms. The Balaban J connectivity index is 1.77. The lowest BCUT2D eigenvalue weighted by Gasteiger charge is -2.36. The fourth-order valence-corrected chi connectivity index (χ4v) is 2.93. The molecule has 2 N–H and O–H groups in total. The fourth-order valence-electron chi connectivity index (χ4n) is 2.93. The summed E-state index contributed by atoms with van der Waals surface area (Å²) in [6, 6.07) is 0.170. The van der Waals surface area contributed by atoms with Crippen LogP contribution >= 0.6 is 0 Å². The normalized spacial score (nSPS) is 34.9. The molecule has 2 aliphatic rings. The van der Waals surface area contributed by atoms with Crippen LogP contribution in [0.25, 0.3) is 0 Å². The van der Waals surface area contributed by atoms with E-state index < -0.39 is 11.9 Å². The van der Waals surface area contributed by atoms with Crippen LogP contribution in [0.15, 0.2) is 0 Å². The summed E-state index contributed by atoms with van der Waals surface area (Å²) in [5.74, 6) is -1.75. The van der Waals surface area contributed by atoms with Crippen LogP contribution in [0.4, 0.5) is 0 Å². The van der Waals surface area contributed by atoms with Crippen LogP contribution in [-0.4, -0.2) is 35.7 Å². The highest BCUT2D eigenvalue weighted by Crippen LogP contribution is 2.33. The van der Waals surface area contributed by atoms with E-state index in [2.05, 4.69) is 5.32 Å². The van der Waals surface area contributed by atoms with Crippen molar-refractivity contribution in [2.75, 3.05) is 6.61 Å². The predicted octanol–water partition coefficient (Wildman–Crippen LogP) is 1.17. The molecule has 2 aliphatic carbocycles. The van der Waals surface area contributed by atoms with Gasteiger partial charge in [0.05, 0.1) is 17.9 Å². The second-order valence-electron chi connectivity index (χ2n) is 5.24. The molecule has 0 aromatic heterocycles. The first kappa shape index (κ1) is 13.3. The molecule has 18 heavy (non-hydrogen) atoms. The number of aliphatic carboxylic acids is 1. The van der Waals surface area contributed by atoms with E-state index in [1.165, 1.54) is 0 Å². The maximum Gasteiger partial charge on any atom is 0.307 e. The summed E-state index contributed by atoms with van der Waals surface area (Å²) in [4.78, 5) is 23.0. The van der Waals surface area contributed by atoms with Gasteiger partial charge in [-0.3, -0.25) is 9.59 Å². The Kier molecular flexibility index (Phi) is 4.22. The standard InChI is InChI=1S/C13H21NO4/c1-2-18-9-6-8(7-9)14-12(15)10-4-3-5-11(10)13(16)17/h8-11H,2-7H2,1H3,(H,14,15)(H,16,17)/t8?,9?,10-,11+/m1/s1. The van der Waals surface area contributed by atoms with Crippen LogP contribution < -0.4 is 5.32 Å². The third-order valence-corrected chi connectivity index (χ3v) is 4.01. The molecule has 2 fully saturated rings. The summed E-state index contributed by atoms with van der Waals surface area (Å²) < 4.78 is 5.43. The third kappa shape index (κ3) is 2.83. The second kappa shape index (κ2) is 5.69. The van der Waals surface area contributed by atoms with Crippen molar-refractivity contribution in [3.05, 3.63) is 0 Å². The number of ether oxygens (including phenoxy) is 1. The molecular formula is C13H21NO4. The molecule has 2 rings (SSSR count). The fraction of sp³-hybridized carbons (Fsp3) is 0.846. The van der Waals surface area contributed by atoms with Crippen molar-refractivity contribution in [1.29, 1.82) is 0 Å². The van der Waals surface area contributed by atoms with Crippen molar-refractivity contribution >= 4 is 11.9 Å². The van der Waals surface area contributed by atoms with Crippen molar-refractivity contribution in [1.82, 2.24) is 5.32 Å². The molecule has 0 aromatic rings. The highest BCUT2D eigenvalue weighted by Gasteiger charge is 2.40. The predicted molar refractivity (Wildman–Crippen MR) is 65.0 cm³/mol. The zero-order valence-electron chi connectivity index (χ0n) is 10.7. The van der Waals surface area contributed by atoms with Crippen molar-refractivity contribution in [2.24, 2.45) is 11.8 Å². The van der Waals surface area contributed by atoms with E-state index >= 15 is 0 Å². The van der Waals surface area contributed by atoms with Crippen LogP contribution in [0.3, 0.4) is 0 Å². The quantitative estimate of drug-likeness (QED) is 0.773. The number of carbonyl (C=O) groups excluding carboxylic acids is 1. The average Bonchev–Trinajstić information content (AvgIpc) is 2.75. The molecular weight excluding hydrogens is 234 g/mol. The van der Waals surface area contributed by atoms with Gasteiger partial charge in [-0.05, 0) is 32.6 Å². The molecule has 2 saturated carbocycles. The van der Waals surface area contributed by atoms with Gasteiger partial charge in [-0.15, -0.1) is 0 Å². The molecule has 1 amide bonds. The van der Waals surface area contributed by atoms with Crippen LogP contribution in [0.5, 0.6) is 0 Å². The highest BCUT2D eigenvalue weighted by molar-refractivity contribution is 5.85. The molecule has 0 aliphatic heterocycles. The summed E-state index contributed by atoms with van der Waals surface area (Å²) >= 11 is 0. The summed E-state index contributed by atoms with van der Waals surface area (Å²) in [6.07, 6.45) is 4.12. The Morgan fingerprint density at radius 2 is 1.94 bits per heavy atom. The summed E-state index contributed by atoms with van der Waals surface area (Å²) in [7, 11) is 0. The highest BCUT2D eigenvalue weighted by atomic mass is 16.5. The second-order valence-corrected chi connectivity index (χ2v) is 5.24. The topological polar surface area (TPSA) is 75.6 Å². The molecule has 0 heterocycles. The van der Waals surface area contributed by atoms with E-state index in [1.54, 1.807) is 0 Å². The minimum atomic E-state index is -0.839. The number of hydrogen-bond acceptors (Lipinski definition) is 3. The van der Waals surface area contributed by atoms with Gasteiger partial charge in [0.2, 0.25) is 5.91 Å². The van der Waals surface area contributed by atoms with Gasteiger partial charge in [0, 0.05) is 12.6 Å². The molecule has 0 saturated heterocycles. The average molecular weight is 255 g/mol. The first-order valence-electron chi connectivity index (χ1n) is 6.76. The molecule has 0 unspecified atom stereocenters. The molecule has 5 heteroatoms. The maximum atomic E-state index is 12.0. The lowest BCUT2D eigenvalue weighted by Crippen LogP contribution is -2.50. The van der Waals surface area contributed by atoms with Gasteiger partial charge in [-0.1, -0.05) is 6.42 Å². The number of carboxylic acids is 1. The summed E-state index contributed by atoms with van der Waals surface area (Å²) in [5.41, 5.74) is 0. The zero-order chi connectivity index (χ0) is 13.1. The summed E-state index contributed by atoms with van der Waals surface area (Å²) in [5, 5.41) is 12.0. The Labute approximate surface area is 107 Å². The number of nitrogens with one attached hydrogen (secondary N) is 1. The Morgan fingerprint density at radius 3 is 2.56 bits per heavy atom. The smallest absolute Gasteiger partial charge is 0.307 e. The van der Waals surface area contributed by atoms with Crippen molar-refractivity contribution < 1.29 is 19.4 Å². The van der Waals surface area contributed by atoms with Gasteiger partial charge < -0.3 is 15.2 Å². The van der Waals surface area contributed by atoms with Gasteiger partial charge in [0.25, 0.3) is 0 Å². The monoisotopic (exact) mass is 255 g/mol. The van der Waals surface area contributed by atoms with Crippen molar-refractivity contribution in [2.45, 2.75) is 51.2 Å². The lowest BCUT2D eigenvalue weighted by atomic mass is 9.87. The van der Waals surface area contributed by atoms with Gasteiger partial charge >= 0.3 is 5.97 Å². The first-order chi connectivity index (χ1) is 8.61. The van der Waals surface area contributed by atoms with E-state index in [1.807, 2.05) is 6.92 Å². The van der Waals surface area contributed by atoms with Crippen LogP contribution in [-0.2, 0) is 14.3 Å². The van der Waals surface area contributed by atoms with Crippen molar-refractivity contribution in [3.8, 4) is 0 Å². The zero-order valence-corrected chi connectivity index (χ0v) is 10.7. The molecule has 2 atom stereocenters. The Bertz CT molecular complexity index is 325. The molecule has 0 spiro atoms. The Morgan fingerprint density at radius 1 is 1.28 bits per heavy atom. The van der Waals surface area contributed by atoms with E-state index in [4.69, 9.17) is 9.84 Å². The third-order valence-electron chi connectivity index (χ3n) is 4.01. The van der Waals surface area contributed by atoms with Crippen molar-refractivity contribution in [3.63, 3.8) is 0 Å². The van der Waals surface area contributed by atoms with Crippen LogP contribution in [0.2, 0.25) is 0 Å². The number of amides is 1. The minimum Gasteiger partial charge on any atom is -0.481 e. The number of carboxylic acid groups (broad SMARTS) is 1. The lowest BCUT2D eigenvalue weighted by molar-refractivity contribution is -0.146. The molecule has 5 nitrogen and oxygen atoms in total. The van der Waals surface area contributed by atoms with E-state index in [0.717, 1.165) is 19.3 Å². The summed E-state index contributed by atoms with van der Waals surface area (Å²) in [6.45, 7) is 2.66. The molecule has 0 radical (unpaired) electrons. The SMILES string of the molecule is CCOC1CC(NC(=O)[C@@H]2CCC[C@@H]2C(=O)O)C1. The molecule has 0 aromatic carbocycles. The number of carbonyl (C=O) groups is 2. The van der Waals surface area contributed by atoms with Crippen LogP contribution in [0.1, 0.15) is 39.0 Å². The number of hydrogen-bond donors (Lipinski definition) is 2.